The lowest BCUT2D eigenvalue weighted by molar-refractivity contribution is 0.672. The summed E-state index contributed by atoms with van der Waals surface area (Å²) >= 11 is 0. The van der Waals surface area contributed by atoms with Crippen LogP contribution in [0.25, 0.3) is 77.2 Å². The summed E-state index contributed by atoms with van der Waals surface area (Å²) in [5.41, 5.74) is 14.4. The van der Waals surface area contributed by atoms with E-state index in [2.05, 4.69) is 217 Å². The lowest BCUT2D eigenvalue weighted by Crippen LogP contribution is -2.10. The second-order valence-corrected chi connectivity index (χ2v) is 13.7. The molecule has 2 nitrogen and oxygen atoms in total. The highest BCUT2D eigenvalue weighted by molar-refractivity contribution is 6.22. The van der Waals surface area contributed by atoms with Crippen LogP contribution in [0.4, 0.5) is 17.1 Å². The van der Waals surface area contributed by atoms with Crippen LogP contribution < -0.4 is 4.90 Å². The first-order chi connectivity index (χ1) is 26.8. The van der Waals surface area contributed by atoms with Crippen molar-refractivity contribution in [1.82, 2.24) is 0 Å². The van der Waals surface area contributed by atoms with Gasteiger partial charge in [-0.25, -0.2) is 0 Å². The zero-order valence-corrected chi connectivity index (χ0v) is 29.6. The Hall–Kier alpha value is -7.16. The van der Waals surface area contributed by atoms with Crippen LogP contribution in [-0.2, 0) is 0 Å². The Morgan fingerprint density at radius 2 is 0.833 bits per heavy atom. The molecule has 0 amide bonds. The summed E-state index contributed by atoms with van der Waals surface area (Å²) in [7, 11) is 0. The van der Waals surface area contributed by atoms with E-state index in [1.165, 1.54) is 44.3 Å². The summed E-state index contributed by atoms with van der Waals surface area (Å²) < 4.78 is 6.86. The van der Waals surface area contributed by atoms with Gasteiger partial charge in [-0.3, -0.25) is 0 Å². The van der Waals surface area contributed by atoms with E-state index < -0.39 is 0 Å². The van der Waals surface area contributed by atoms with Crippen molar-refractivity contribution in [1.29, 1.82) is 0 Å². The Morgan fingerprint density at radius 3 is 1.52 bits per heavy atom. The molecule has 54 heavy (non-hydrogen) atoms. The fourth-order valence-electron chi connectivity index (χ4n) is 7.87. The van der Waals surface area contributed by atoms with Gasteiger partial charge in [0, 0.05) is 22.1 Å². The van der Waals surface area contributed by atoms with Crippen molar-refractivity contribution in [3.63, 3.8) is 0 Å². The molecule has 2 heteroatoms. The number of anilines is 3. The van der Waals surface area contributed by atoms with Crippen LogP contribution in [-0.4, -0.2) is 0 Å². The van der Waals surface area contributed by atoms with Gasteiger partial charge >= 0.3 is 0 Å². The maximum Gasteiger partial charge on any atom is 0.143 e. The first-order valence-corrected chi connectivity index (χ1v) is 18.4. The standard InChI is InChI=1S/C52H35NO/c1-4-15-36(16-5-1)39-29-31-43(32-30-39)53(44-24-13-22-41(34-44)38-19-8-3-9-20-38)49-27-14-28-50-51(49)48-35-47(45-25-10-11-26-46(45)52(48)54-50)42-23-12-21-40(33-42)37-17-6-2-7-18-37/h1-35H. The third-order valence-electron chi connectivity index (χ3n) is 10.4. The molecule has 10 rings (SSSR count). The van der Waals surface area contributed by atoms with Crippen molar-refractivity contribution >= 4 is 49.8 Å². The molecule has 0 atom stereocenters. The summed E-state index contributed by atoms with van der Waals surface area (Å²) in [5, 5.41) is 4.43. The van der Waals surface area contributed by atoms with Gasteiger partial charge in [0.05, 0.1) is 11.1 Å². The molecule has 1 aromatic heterocycles. The molecule has 0 spiro atoms. The maximum atomic E-state index is 6.86. The quantitative estimate of drug-likeness (QED) is 0.166. The summed E-state index contributed by atoms with van der Waals surface area (Å²) in [6.07, 6.45) is 0. The number of furan rings is 1. The molecule has 0 fully saturated rings. The van der Waals surface area contributed by atoms with E-state index in [1.54, 1.807) is 0 Å². The minimum atomic E-state index is 0.855. The van der Waals surface area contributed by atoms with E-state index in [0.717, 1.165) is 50.0 Å². The predicted molar refractivity (Wildman–Crippen MR) is 228 cm³/mol. The largest absolute Gasteiger partial charge is 0.455 e. The summed E-state index contributed by atoms with van der Waals surface area (Å²) in [4.78, 5) is 2.38. The Morgan fingerprint density at radius 1 is 0.315 bits per heavy atom. The molecule has 254 valence electrons. The van der Waals surface area contributed by atoms with Gasteiger partial charge in [0.15, 0.2) is 0 Å². The van der Waals surface area contributed by atoms with Crippen molar-refractivity contribution in [3.8, 4) is 44.5 Å². The summed E-state index contributed by atoms with van der Waals surface area (Å²) in [5.74, 6) is 0. The van der Waals surface area contributed by atoms with E-state index in [-0.39, 0.29) is 0 Å². The minimum Gasteiger partial charge on any atom is -0.455 e. The molecule has 9 aromatic carbocycles. The van der Waals surface area contributed by atoms with Crippen molar-refractivity contribution in [2.24, 2.45) is 0 Å². The van der Waals surface area contributed by atoms with Gasteiger partial charge in [-0.05, 0) is 98.4 Å². The van der Waals surface area contributed by atoms with E-state index >= 15 is 0 Å². The molecule has 0 bridgehead atoms. The number of benzene rings is 9. The lowest BCUT2D eigenvalue weighted by Gasteiger charge is -2.27. The van der Waals surface area contributed by atoms with Gasteiger partial charge in [-0.2, -0.15) is 0 Å². The van der Waals surface area contributed by atoms with Gasteiger partial charge in [0.1, 0.15) is 11.2 Å². The van der Waals surface area contributed by atoms with Gasteiger partial charge in [-0.1, -0.05) is 164 Å². The fraction of sp³-hybridized carbons (Fsp3) is 0. The number of rotatable bonds is 7. The number of fused-ring (bicyclic) bond motifs is 5. The molecular weight excluding hydrogens is 655 g/mol. The number of hydrogen-bond acceptors (Lipinski definition) is 2. The van der Waals surface area contributed by atoms with Crippen LogP contribution in [0.15, 0.2) is 217 Å². The van der Waals surface area contributed by atoms with Gasteiger partial charge in [-0.15, -0.1) is 0 Å². The maximum absolute atomic E-state index is 6.86. The van der Waals surface area contributed by atoms with Gasteiger partial charge < -0.3 is 9.32 Å². The molecule has 0 unspecified atom stereocenters. The Labute approximate surface area is 314 Å². The highest BCUT2D eigenvalue weighted by Gasteiger charge is 2.22. The first-order valence-electron chi connectivity index (χ1n) is 18.4. The van der Waals surface area contributed by atoms with Crippen LogP contribution in [0.3, 0.4) is 0 Å². The molecule has 0 N–H and O–H groups in total. The monoisotopic (exact) mass is 689 g/mol. The Balaban J connectivity index is 1.21. The van der Waals surface area contributed by atoms with Crippen LogP contribution in [0.5, 0.6) is 0 Å². The average molecular weight is 690 g/mol. The first kappa shape index (κ1) is 31.6. The highest BCUT2D eigenvalue weighted by atomic mass is 16.3. The van der Waals surface area contributed by atoms with E-state index in [0.29, 0.717) is 0 Å². The van der Waals surface area contributed by atoms with Gasteiger partial charge in [0.2, 0.25) is 0 Å². The topological polar surface area (TPSA) is 16.4 Å². The molecule has 0 aliphatic rings. The van der Waals surface area contributed by atoms with Crippen molar-refractivity contribution in [2.75, 3.05) is 4.90 Å². The third kappa shape index (κ3) is 5.62. The van der Waals surface area contributed by atoms with Gasteiger partial charge in [0.25, 0.3) is 0 Å². The van der Waals surface area contributed by atoms with Crippen LogP contribution in [0, 0.1) is 0 Å². The number of nitrogens with zero attached hydrogens (tertiary/aromatic N) is 1. The Kier molecular flexibility index (Phi) is 7.85. The molecule has 0 aliphatic carbocycles. The van der Waals surface area contributed by atoms with Crippen LogP contribution in [0.2, 0.25) is 0 Å². The normalized spacial score (nSPS) is 11.3. The lowest BCUT2D eigenvalue weighted by atomic mass is 9.93. The zero-order valence-electron chi connectivity index (χ0n) is 29.6. The summed E-state index contributed by atoms with van der Waals surface area (Å²) in [6, 6.07) is 75.8. The molecule has 1 heterocycles. The van der Waals surface area contributed by atoms with E-state index in [9.17, 15) is 0 Å². The highest BCUT2D eigenvalue weighted by Crippen LogP contribution is 2.47. The molecule has 0 radical (unpaired) electrons. The fourth-order valence-corrected chi connectivity index (χ4v) is 7.87. The average Bonchev–Trinajstić information content (AvgIpc) is 3.65. The number of hydrogen-bond donors (Lipinski definition) is 0. The molecule has 0 aliphatic heterocycles. The van der Waals surface area contributed by atoms with Crippen molar-refractivity contribution < 1.29 is 4.42 Å². The molecular formula is C52H35NO. The minimum absolute atomic E-state index is 0.855. The smallest absolute Gasteiger partial charge is 0.143 e. The summed E-state index contributed by atoms with van der Waals surface area (Å²) in [6.45, 7) is 0. The second-order valence-electron chi connectivity index (χ2n) is 13.7. The van der Waals surface area contributed by atoms with E-state index in [4.69, 9.17) is 4.42 Å². The molecule has 10 aromatic rings. The zero-order chi connectivity index (χ0) is 35.8. The SMILES string of the molecule is c1ccc(-c2ccc(N(c3cccc(-c4ccccc4)c3)c3cccc4oc5c6ccccc6c(-c6cccc(-c7ccccc7)c6)cc5c34)cc2)cc1. The molecule has 0 saturated carbocycles. The third-order valence-corrected chi connectivity index (χ3v) is 10.4. The molecule has 0 saturated heterocycles. The van der Waals surface area contributed by atoms with Crippen LogP contribution in [0.1, 0.15) is 0 Å². The van der Waals surface area contributed by atoms with Crippen LogP contribution >= 0.6 is 0 Å². The second kappa shape index (κ2) is 13.4. The Bertz CT molecular complexity index is 2910. The predicted octanol–water partition coefficient (Wildman–Crippen LogP) is 14.9. The van der Waals surface area contributed by atoms with Crippen molar-refractivity contribution in [2.45, 2.75) is 0 Å². The van der Waals surface area contributed by atoms with Crippen molar-refractivity contribution in [3.05, 3.63) is 212 Å². The van der Waals surface area contributed by atoms with E-state index in [1.807, 2.05) is 0 Å².